The van der Waals surface area contributed by atoms with E-state index in [-0.39, 0.29) is 11.4 Å². The Kier molecular flexibility index (Phi) is 7.52. The molecular formula is C14H20FNO2S. The predicted molar refractivity (Wildman–Crippen MR) is 77.3 cm³/mol. The van der Waals surface area contributed by atoms with E-state index < -0.39 is 5.97 Å². The van der Waals surface area contributed by atoms with Crippen molar-refractivity contribution in [3.63, 3.8) is 0 Å². The molecule has 0 spiro atoms. The molecule has 0 aromatic heterocycles. The van der Waals surface area contributed by atoms with Crippen LogP contribution in [-0.2, 0) is 6.54 Å². The summed E-state index contributed by atoms with van der Waals surface area (Å²) in [5, 5.41) is 12.0. The summed E-state index contributed by atoms with van der Waals surface area (Å²) in [6.07, 6.45) is 5.51. The molecule has 0 unspecified atom stereocenters. The lowest BCUT2D eigenvalue weighted by Crippen LogP contribution is -2.16. The molecule has 0 aliphatic carbocycles. The minimum atomic E-state index is -1.03. The van der Waals surface area contributed by atoms with Crippen LogP contribution in [0.5, 0.6) is 0 Å². The van der Waals surface area contributed by atoms with E-state index in [1.165, 1.54) is 30.4 Å². The molecule has 0 aliphatic rings. The van der Waals surface area contributed by atoms with Gasteiger partial charge in [-0.25, -0.2) is 9.18 Å². The molecule has 19 heavy (non-hydrogen) atoms. The van der Waals surface area contributed by atoms with Crippen molar-refractivity contribution in [1.29, 1.82) is 0 Å². The molecule has 3 nitrogen and oxygen atoms in total. The van der Waals surface area contributed by atoms with Gasteiger partial charge >= 0.3 is 5.97 Å². The molecule has 1 rings (SSSR count). The second-order valence-corrected chi connectivity index (χ2v) is 5.33. The third kappa shape index (κ3) is 6.07. The van der Waals surface area contributed by atoms with E-state index in [1.807, 2.05) is 11.8 Å². The Hall–Kier alpha value is -1.07. The van der Waals surface area contributed by atoms with Gasteiger partial charge in [-0.15, -0.1) is 0 Å². The fourth-order valence-electron chi connectivity index (χ4n) is 1.74. The first-order valence-electron chi connectivity index (χ1n) is 6.36. The number of benzene rings is 1. The summed E-state index contributed by atoms with van der Waals surface area (Å²) in [6, 6.07) is 3.88. The first kappa shape index (κ1) is 16.0. The first-order valence-corrected chi connectivity index (χ1v) is 7.76. The molecule has 0 bridgehead atoms. The van der Waals surface area contributed by atoms with Gasteiger partial charge in [-0.2, -0.15) is 11.8 Å². The normalized spacial score (nSPS) is 10.6. The third-order valence-electron chi connectivity index (χ3n) is 2.81. The maximum Gasteiger partial charge on any atom is 0.335 e. The van der Waals surface area contributed by atoms with E-state index in [2.05, 4.69) is 11.6 Å². The van der Waals surface area contributed by atoms with Gasteiger partial charge in [-0.3, -0.25) is 0 Å². The fourth-order valence-corrected chi connectivity index (χ4v) is 2.23. The number of carbonyl (C=O) groups is 1. The van der Waals surface area contributed by atoms with Crippen LogP contribution in [0.1, 0.15) is 35.2 Å². The molecule has 106 valence electrons. The fraction of sp³-hybridized carbons (Fsp3) is 0.500. The molecule has 0 amide bonds. The number of halogens is 1. The van der Waals surface area contributed by atoms with Crippen LogP contribution in [0.3, 0.4) is 0 Å². The van der Waals surface area contributed by atoms with Crippen LogP contribution < -0.4 is 5.32 Å². The summed E-state index contributed by atoms with van der Waals surface area (Å²) in [5.74, 6) is -0.215. The highest BCUT2D eigenvalue weighted by atomic mass is 32.2. The number of carboxylic acid groups (broad SMARTS) is 1. The topological polar surface area (TPSA) is 49.3 Å². The summed E-state index contributed by atoms with van der Waals surface area (Å²) in [6.45, 7) is 1.20. The van der Waals surface area contributed by atoms with Crippen LogP contribution in [0, 0.1) is 5.82 Å². The summed E-state index contributed by atoms with van der Waals surface area (Å²) in [5.41, 5.74) is 0.530. The molecule has 0 saturated carbocycles. The third-order valence-corrected chi connectivity index (χ3v) is 3.51. The van der Waals surface area contributed by atoms with E-state index in [1.54, 1.807) is 0 Å². The number of hydrogen-bond donors (Lipinski definition) is 2. The number of nitrogens with one attached hydrogen (secondary N) is 1. The lowest BCUT2D eigenvalue weighted by Gasteiger charge is -2.07. The molecular weight excluding hydrogens is 265 g/mol. The maximum atomic E-state index is 13.5. The number of unbranched alkanes of at least 4 members (excludes halogenated alkanes) is 2. The van der Waals surface area contributed by atoms with E-state index in [9.17, 15) is 9.18 Å². The van der Waals surface area contributed by atoms with Crippen molar-refractivity contribution in [1.82, 2.24) is 5.32 Å². The van der Waals surface area contributed by atoms with E-state index >= 15 is 0 Å². The second kappa shape index (κ2) is 8.93. The Morgan fingerprint density at radius 2 is 2.16 bits per heavy atom. The van der Waals surface area contributed by atoms with Crippen molar-refractivity contribution in [2.75, 3.05) is 18.6 Å². The largest absolute Gasteiger partial charge is 0.478 e. The molecule has 1 aromatic carbocycles. The number of thioether (sulfide) groups is 1. The lowest BCUT2D eigenvalue weighted by atomic mass is 10.1. The van der Waals surface area contributed by atoms with Crippen molar-refractivity contribution in [2.24, 2.45) is 0 Å². The lowest BCUT2D eigenvalue weighted by molar-refractivity contribution is 0.0696. The zero-order chi connectivity index (χ0) is 14.1. The molecule has 0 atom stereocenters. The van der Waals surface area contributed by atoms with Crippen LogP contribution in [0.2, 0.25) is 0 Å². The van der Waals surface area contributed by atoms with Crippen LogP contribution >= 0.6 is 11.8 Å². The van der Waals surface area contributed by atoms with Gasteiger partial charge in [0.2, 0.25) is 0 Å². The minimum Gasteiger partial charge on any atom is -0.478 e. The quantitative estimate of drug-likeness (QED) is 0.684. The van der Waals surface area contributed by atoms with Crippen LogP contribution in [-0.4, -0.2) is 29.6 Å². The zero-order valence-corrected chi connectivity index (χ0v) is 11.9. The maximum absolute atomic E-state index is 13.5. The van der Waals surface area contributed by atoms with Crippen molar-refractivity contribution in [2.45, 2.75) is 25.8 Å². The van der Waals surface area contributed by atoms with Crippen molar-refractivity contribution < 1.29 is 14.3 Å². The summed E-state index contributed by atoms with van der Waals surface area (Å²) in [4.78, 5) is 10.8. The van der Waals surface area contributed by atoms with Gasteiger partial charge < -0.3 is 10.4 Å². The SMILES string of the molecule is CSCCCCCNCc1cc(C(=O)O)ccc1F. The van der Waals surface area contributed by atoms with E-state index in [4.69, 9.17) is 5.11 Å². The predicted octanol–water partition coefficient (Wildman–Crippen LogP) is 3.15. The minimum absolute atomic E-state index is 0.123. The Morgan fingerprint density at radius 1 is 1.37 bits per heavy atom. The van der Waals surface area contributed by atoms with Crippen LogP contribution in [0.25, 0.3) is 0 Å². The van der Waals surface area contributed by atoms with Crippen LogP contribution in [0.15, 0.2) is 18.2 Å². The van der Waals surface area contributed by atoms with Gasteiger partial charge in [0.1, 0.15) is 5.82 Å². The molecule has 0 fully saturated rings. The molecule has 0 radical (unpaired) electrons. The number of aromatic carboxylic acids is 1. The Labute approximate surface area is 117 Å². The van der Waals surface area contributed by atoms with Gasteiger partial charge in [-0.1, -0.05) is 6.42 Å². The second-order valence-electron chi connectivity index (χ2n) is 4.34. The summed E-state index contributed by atoms with van der Waals surface area (Å²) < 4.78 is 13.5. The number of rotatable bonds is 9. The van der Waals surface area contributed by atoms with Gasteiger partial charge in [-0.05, 0) is 49.6 Å². The first-order chi connectivity index (χ1) is 9.15. The van der Waals surface area contributed by atoms with Gasteiger partial charge in [0, 0.05) is 12.1 Å². The highest BCUT2D eigenvalue weighted by Gasteiger charge is 2.07. The molecule has 0 aliphatic heterocycles. The smallest absolute Gasteiger partial charge is 0.335 e. The van der Waals surface area contributed by atoms with Gasteiger partial charge in [0.15, 0.2) is 0 Å². The van der Waals surface area contributed by atoms with Gasteiger partial charge in [0.25, 0.3) is 0 Å². The highest BCUT2D eigenvalue weighted by molar-refractivity contribution is 7.98. The molecule has 1 aromatic rings. The number of carboxylic acids is 1. The average Bonchev–Trinajstić information content (AvgIpc) is 2.39. The standard InChI is InChI=1S/C14H20FNO2S/c1-19-8-4-2-3-7-16-10-12-9-11(14(17)18)5-6-13(12)15/h5-6,9,16H,2-4,7-8,10H2,1H3,(H,17,18). The zero-order valence-electron chi connectivity index (χ0n) is 11.1. The number of hydrogen-bond acceptors (Lipinski definition) is 3. The average molecular weight is 285 g/mol. The summed E-state index contributed by atoms with van der Waals surface area (Å²) >= 11 is 1.84. The van der Waals surface area contributed by atoms with E-state index in [0.29, 0.717) is 12.1 Å². The van der Waals surface area contributed by atoms with Crippen molar-refractivity contribution in [3.8, 4) is 0 Å². The monoisotopic (exact) mass is 285 g/mol. The van der Waals surface area contributed by atoms with Crippen LogP contribution in [0.4, 0.5) is 4.39 Å². The molecule has 0 saturated heterocycles. The molecule has 5 heteroatoms. The van der Waals surface area contributed by atoms with Gasteiger partial charge in [0.05, 0.1) is 5.56 Å². The Balaban J connectivity index is 2.32. The van der Waals surface area contributed by atoms with E-state index in [0.717, 1.165) is 19.4 Å². The molecule has 2 N–H and O–H groups in total. The molecule has 0 heterocycles. The van der Waals surface area contributed by atoms with Crippen molar-refractivity contribution >= 4 is 17.7 Å². The Morgan fingerprint density at radius 3 is 2.84 bits per heavy atom. The Bertz CT molecular complexity index is 412. The summed E-state index contributed by atoms with van der Waals surface area (Å²) in [7, 11) is 0. The highest BCUT2D eigenvalue weighted by Crippen LogP contribution is 2.10. The van der Waals surface area contributed by atoms with Crippen molar-refractivity contribution in [3.05, 3.63) is 35.1 Å².